The van der Waals surface area contributed by atoms with Crippen LogP contribution in [0, 0.1) is 13.8 Å². The van der Waals surface area contributed by atoms with Gasteiger partial charge >= 0.3 is 5.97 Å². The number of likely N-dealkylation sites (N-methyl/N-ethyl adjacent to an activating group) is 2. The molecule has 1 aromatic carbocycles. The lowest BCUT2D eigenvalue weighted by atomic mass is 10.1. The summed E-state index contributed by atoms with van der Waals surface area (Å²) in [5.41, 5.74) is 1.27. The minimum Gasteiger partial charge on any atom is -0.478 e. The van der Waals surface area contributed by atoms with E-state index in [0.717, 1.165) is 19.4 Å². The molecule has 1 saturated heterocycles. The second-order valence-electron chi connectivity index (χ2n) is 6.30. The molecule has 0 saturated carbocycles. The minimum atomic E-state index is -3.73. The van der Waals surface area contributed by atoms with Crippen LogP contribution >= 0.6 is 0 Å². The number of likely N-dealkylation sites (tertiary alicyclic amines) is 1. The van der Waals surface area contributed by atoms with Crippen molar-refractivity contribution in [3.8, 4) is 0 Å². The molecule has 1 aliphatic heterocycles. The maximum atomic E-state index is 13.0. The van der Waals surface area contributed by atoms with E-state index in [0.29, 0.717) is 17.7 Å². The van der Waals surface area contributed by atoms with E-state index >= 15 is 0 Å². The second-order valence-corrected chi connectivity index (χ2v) is 8.27. The van der Waals surface area contributed by atoms with Gasteiger partial charge in [-0.1, -0.05) is 0 Å². The summed E-state index contributed by atoms with van der Waals surface area (Å²) < 4.78 is 27.4. The van der Waals surface area contributed by atoms with Crippen LogP contribution in [-0.2, 0) is 10.0 Å². The predicted octanol–water partition coefficient (Wildman–Crippen LogP) is 1.72. The first-order chi connectivity index (χ1) is 10.6. The van der Waals surface area contributed by atoms with Gasteiger partial charge in [0.25, 0.3) is 0 Å². The lowest BCUT2D eigenvalue weighted by Crippen LogP contribution is -2.47. The summed E-state index contributed by atoms with van der Waals surface area (Å²) in [4.78, 5) is 13.4. The van der Waals surface area contributed by atoms with Gasteiger partial charge in [0.15, 0.2) is 0 Å². The predicted molar refractivity (Wildman–Crippen MR) is 88.3 cm³/mol. The third-order valence-corrected chi connectivity index (χ3v) is 6.67. The molecule has 1 aromatic rings. The van der Waals surface area contributed by atoms with E-state index in [4.69, 9.17) is 0 Å². The van der Waals surface area contributed by atoms with Crippen LogP contribution in [-0.4, -0.2) is 61.9 Å². The molecule has 0 radical (unpaired) electrons. The largest absolute Gasteiger partial charge is 0.478 e. The van der Waals surface area contributed by atoms with E-state index in [1.807, 2.05) is 7.05 Å². The van der Waals surface area contributed by atoms with E-state index in [9.17, 15) is 18.3 Å². The fraction of sp³-hybridized carbons (Fsp3) is 0.562. The Morgan fingerprint density at radius 2 is 2.00 bits per heavy atom. The van der Waals surface area contributed by atoms with Crippen molar-refractivity contribution in [2.24, 2.45) is 0 Å². The Morgan fingerprint density at radius 3 is 2.57 bits per heavy atom. The van der Waals surface area contributed by atoms with E-state index in [-0.39, 0.29) is 16.5 Å². The van der Waals surface area contributed by atoms with Gasteiger partial charge in [0, 0.05) is 19.6 Å². The molecular weight excluding hydrogens is 316 g/mol. The molecule has 7 heteroatoms. The SMILES string of the molecule is Cc1cc(C(=O)O)cc(S(=O)(=O)N(C)C2CCCN(C)C2)c1C. The molecule has 0 amide bonds. The highest BCUT2D eigenvalue weighted by molar-refractivity contribution is 7.89. The number of carboxylic acids is 1. The molecule has 23 heavy (non-hydrogen) atoms. The lowest BCUT2D eigenvalue weighted by Gasteiger charge is -2.35. The summed E-state index contributed by atoms with van der Waals surface area (Å²) in [6.07, 6.45) is 1.77. The van der Waals surface area contributed by atoms with Crippen LogP contribution in [0.1, 0.15) is 34.3 Å². The van der Waals surface area contributed by atoms with Crippen molar-refractivity contribution in [3.63, 3.8) is 0 Å². The summed E-state index contributed by atoms with van der Waals surface area (Å²) in [6, 6.07) is 2.68. The minimum absolute atomic E-state index is 0.000775. The standard InChI is InChI=1S/C16H24N2O4S/c1-11-8-13(16(19)20)9-15(12(11)2)23(21,22)18(4)14-6-5-7-17(3)10-14/h8-9,14H,5-7,10H2,1-4H3,(H,19,20). The number of rotatable bonds is 4. The third kappa shape index (κ3) is 3.57. The fourth-order valence-corrected chi connectivity index (χ4v) is 4.70. The molecule has 0 aliphatic carbocycles. The number of carboxylic acid groups (broad SMARTS) is 1. The zero-order valence-corrected chi connectivity index (χ0v) is 14.9. The van der Waals surface area contributed by atoms with E-state index in [1.54, 1.807) is 20.9 Å². The van der Waals surface area contributed by atoms with Crippen LogP contribution in [0.5, 0.6) is 0 Å². The Kier molecular flexibility index (Phi) is 5.13. The lowest BCUT2D eigenvalue weighted by molar-refractivity contribution is 0.0696. The zero-order chi connectivity index (χ0) is 17.4. The molecule has 1 aliphatic rings. The molecular formula is C16H24N2O4S. The maximum Gasteiger partial charge on any atom is 0.335 e. The first-order valence-electron chi connectivity index (χ1n) is 7.65. The molecule has 1 N–H and O–H groups in total. The molecule has 0 bridgehead atoms. The van der Waals surface area contributed by atoms with E-state index in [1.165, 1.54) is 16.4 Å². The maximum absolute atomic E-state index is 13.0. The van der Waals surface area contributed by atoms with Crippen molar-refractivity contribution >= 4 is 16.0 Å². The number of hydrogen-bond donors (Lipinski definition) is 1. The number of benzene rings is 1. The smallest absolute Gasteiger partial charge is 0.335 e. The first kappa shape index (κ1) is 17.9. The summed E-state index contributed by atoms with van der Waals surface area (Å²) in [5.74, 6) is -1.12. The highest BCUT2D eigenvalue weighted by atomic mass is 32.2. The highest BCUT2D eigenvalue weighted by Gasteiger charge is 2.32. The molecule has 0 spiro atoms. The topological polar surface area (TPSA) is 77.9 Å². The van der Waals surface area contributed by atoms with Crippen molar-refractivity contribution in [2.75, 3.05) is 27.2 Å². The van der Waals surface area contributed by atoms with Gasteiger partial charge in [-0.25, -0.2) is 13.2 Å². The van der Waals surface area contributed by atoms with E-state index < -0.39 is 16.0 Å². The summed E-state index contributed by atoms with van der Waals surface area (Å²) in [6.45, 7) is 5.10. The average molecular weight is 340 g/mol. The summed E-state index contributed by atoms with van der Waals surface area (Å²) in [5, 5.41) is 9.20. The third-order valence-electron chi connectivity index (χ3n) is 4.64. The Bertz CT molecular complexity index is 715. The number of aromatic carboxylic acids is 1. The number of hydrogen-bond acceptors (Lipinski definition) is 4. The van der Waals surface area contributed by atoms with Crippen molar-refractivity contribution < 1.29 is 18.3 Å². The van der Waals surface area contributed by atoms with Gasteiger partial charge in [0.05, 0.1) is 10.5 Å². The van der Waals surface area contributed by atoms with Crippen molar-refractivity contribution in [2.45, 2.75) is 37.6 Å². The highest BCUT2D eigenvalue weighted by Crippen LogP contribution is 2.27. The van der Waals surface area contributed by atoms with Gasteiger partial charge in [0.1, 0.15) is 0 Å². The molecule has 1 heterocycles. The molecule has 0 aromatic heterocycles. The number of nitrogens with zero attached hydrogens (tertiary/aromatic N) is 2. The van der Waals surface area contributed by atoms with Gasteiger partial charge in [-0.15, -0.1) is 0 Å². The average Bonchev–Trinajstić information content (AvgIpc) is 2.48. The van der Waals surface area contributed by atoms with Crippen LogP contribution in [0.25, 0.3) is 0 Å². The monoisotopic (exact) mass is 340 g/mol. The second kappa shape index (κ2) is 6.59. The Morgan fingerprint density at radius 1 is 1.35 bits per heavy atom. The van der Waals surface area contributed by atoms with Gasteiger partial charge < -0.3 is 10.0 Å². The van der Waals surface area contributed by atoms with Crippen molar-refractivity contribution in [3.05, 3.63) is 28.8 Å². The number of aryl methyl sites for hydroxylation is 1. The van der Waals surface area contributed by atoms with Gasteiger partial charge in [-0.2, -0.15) is 4.31 Å². The van der Waals surface area contributed by atoms with Gasteiger partial charge in [-0.3, -0.25) is 0 Å². The van der Waals surface area contributed by atoms with E-state index in [2.05, 4.69) is 4.90 Å². The van der Waals surface area contributed by atoms with Crippen LogP contribution in [0.2, 0.25) is 0 Å². The number of sulfonamides is 1. The van der Waals surface area contributed by atoms with Crippen LogP contribution in [0.4, 0.5) is 0 Å². The molecule has 2 rings (SSSR count). The van der Waals surface area contributed by atoms with Crippen LogP contribution in [0.15, 0.2) is 17.0 Å². The molecule has 1 fully saturated rings. The summed E-state index contributed by atoms with van der Waals surface area (Å²) >= 11 is 0. The van der Waals surface area contributed by atoms with Gasteiger partial charge in [-0.05, 0) is 63.5 Å². The normalized spacial score (nSPS) is 20.0. The molecule has 128 valence electrons. The Balaban J connectivity index is 2.44. The number of carbonyl (C=O) groups is 1. The quantitative estimate of drug-likeness (QED) is 0.903. The molecule has 1 atom stereocenters. The van der Waals surface area contributed by atoms with Crippen LogP contribution < -0.4 is 0 Å². The fourth-order valence-electron chi connectivity index (χ4n) is 3.01. The molecule has 1 unspecified atom stereocenters. The zero-order valence-electron chi connectivity index (χ0n) is 14.0. The summed E-state index contributed by atoms with van der Waals surface area (Å²) in [7, 11) is -0.164. The Hall–Kier alpha value is -1.44. The Labute approximate surface area is 137 Å². The van der Waals surface area contributed by atoms with Crippen molar-refractivity contribution in [1.82, 2.24) is 9.21 Å². The van der Waals surface area contributed by atoms with Crippen molar-refractivity contribution in [1.29, 1.82) is 0 Å². The van der Waals surface area contributed by atoms with Gasteiger partial charge in [0.2, 0.25) is 10.0 Å². The molecule has 6 nitrogen and oxygen atoms in total. The first-order valence-corrected chi connectivity index (χ1v) is 9.09. The number of piperidine rings is 1. The van der Waals surface area contributed by atoms with Crippen LogP contribution in [0.3, 0.4) is 0 Å².